The summed E-state index contributed by atoms with van der Waals surface area (Å²) in [6.45, 7) is 0.223. The van der Waals surface area contributed by atoms with E-state index in [9.17, 15) is 8.42 Å². The smallest absolute Gasteiger partial charge is 0.240 e. The minimum Gasteiger partial charge on any atom is -0.362 e. The van der Waals surface area contributed by atoms with E-state index in [1.165, 1.54) is 5.56 Å². The highest BCUT2D eigenvalue weighted by atomic mass is 32.2. The van der Waals surface area contributed by atoms with Gasteiger partial charge in [0.1, 0.15) is 5.82 Å². The number of nitrogens with zero attached hydrogens (tertiary/aromatic N) is 2. The van der Waals surface area contributed by atoms with Crippen molar-refractivity contribution in [2.75, 3.05) is 19.0 Å². The van der Waals surface area contributed by atoms with Crippen molar-refractivity contribution in [1.29, 1.82) is 0 Å². The molecule has 0 radical (unpaired) electrons. The normalized spacial score (nSPS) is 13.8. The van der Waals surface area contributed by atoms with Crippen LogP contribution in [0.2, 0.25) is 0 Å². The first kappa shape index (κ1) is 16.0. The Labute approximate surface area is 137 Å². The summed E-state index contributed by atoms with van der Waals surface area (Å²) in [5.41, 5.74) is 3.27. The van der Waals surface area contributed by atoms with E-state index < -0.39 is 10.0 Å². The molecule has 3 rings (SSSR count). The highest BCUT2D eigenvalue weighted by Gasteiger charge is 2.19. The van der Waals surface area contributed by atoms with E-state index >= 15 is 0 Å². The molecule has 0 bridgehead atoms. The summed E-state index contributed by atoms with van der Waals surface area (Å²) in [5, 5.41) is 0. The Morgan fingerprint density at radius 3 is 2.74 bits per heavy atom. The number of fused-ring (bicyclic) bond motifs is 1. The first-order chi connectivity index (χ1) is 11.0. The summed E-state index contributed by atoms with van der Waals surface area (Å²) in [4.78, 5) is 6.51. The van der Waals surface area contributed by atoms with Crippen molar-refractivity contribution in [3.8, 4) is 0 Å². The third kappa shape index (κ3) is 3.38. The van der Waals surface area contributed by atoms with Gasteiger partial charge in [-0.25, -0.2) is 18.1 Å². The molecule has 0 fully saturated rings. The Balaban J connectivity index is 1.80. The highest BCUT2D eigenvalue weighted by molar-refractivity contribution is 7.89. The number of aromatic nitrogens is 1. The Hall–Kier alpha value is -1.92. The van der Waals surface area contributed by atoms with Gasteiger partial charge in [0.05, 0.1) is 4.90 Å². The molecule has 1 N–H and O–H groups in total. The highest BCUT2D eigenvalue weighted by Crippen LogP contribution is 2.25. The lowest BCUT2D eigenvalue weighted by Gasteiger charge is -2.16. The van der Waals surface area contributed by atoms with Crippen LogP contribution in [-0.2, 0) is 29.4 Å². The Kier molecular flexibility index (Phi) is 4.37. The van der Waals surface area contributed by atoms with Crippen molar-refractivity contribution in [3.63, 3.8) is 0 Å². The summed E-state index contributed by atoms with van der Waals surface area (Å²) >= 11 is 0. The van der Waals surface area contributed by atoms with Crippen molar-refractivity contribution in [2.45, 2.75) is 30.7 Å². The summed E-state index contributed by atoms with van der Waals surface area (Å²) in [5.74, 6) is 0.768. The van der Waals surface area contributed by atoms with Crippen molar-refractivity contribution in [3.05, 3.63) is 53.2 Å². The molecule has 1 aromatic carbocycles. The quantitative estimate of drug-likeness (QED) is 0.911. The van der Waals surface area contributed by atoms with Gasteiger partial charge in [0.2, 0.25) is 10.0 Å². The topological polar surface area (TPSA) is 62.3 Å². The van der Waals surface area contributed by atoms with Crippen LogP contribution >= 0.6 is 0 Å². The molecule has 2 aromatic rings. The zero-order chi connectivity index (χ0) is 16.4. The van der Waals surface area contributed by atoms with Gasteiger partial charge in [-0.05, 0) is 48.6 Å². The van der Waals surface area contributed by atoms with E-state index in [4.69, 9.17) is 0 Å². The van der Waals surface area contributed by atoms with Gasteiger partial charge in [0, 0.05) is 32.4 Å². The molecule has 1 aromatic heterocycles. The van der Waals surface area contributed by atoms with Gasteiger partial charge in [-0.2, -0.15) is 0 Å². The van der Waals surface area contributed by atoms with Gasteiger partial charge < -0.3 is 4.90 Å². The Morgan fingerprint density at radius 2 is 1.96 bits per heavy atom. The number of aryl methyl sites for hydroxylation is 2. The standard InChI is InChI=1S/C17H21N3O2S/c1-20(2)17-15(7-4-10-18-17)12-19-23(21,22)16-9-8-13-5-3-6-14(13)11-16/h4,7-11,19H,3,5-6,12H2,1-2H3. The monoisotopic (exact) mass is 331 g/mol. The van der Waals surface area contributed by atoms with Gasteiger partial charge in [-0.15, -0.1) is 0 Å². The molecule has 0 spiro atoms. The fourth-order valence-electron chi connectivity index (χ4n) is 2.94. The maximum Gasteiger partial charge on any atom is 0.240 e. The van der Waals surface area contributed by atoms with Crippen LogP contribution in [0.4, 0.5) is 5.82 Å². The maximum absolute atomic E-state index is 12.5. The predicted octanol–water partition coefficient (Wildman–Crippen LogP) is 2.11. The molecule has 0 unspecified atom stereocenters. The maximum atomic E-state index is 12.5. The largest absolute Gasteiger partial charge is 0.362 e. The molecule has 0 amide bonds. The number of nitrogens with one attached hydrogen (secondary N) is 1. The van der Waals surface area contributed by atoms with E-state index in [0.717, 1.165) is 36.2 Å². The first-order valence-electron chi connectivity index (χ1n) is 7.70. The van der Waals surface area contributed by atoms with E-state index in [-0.39, 0.29) is 6.54 Å². The molecule has 23 heavy (non-hydrogen) atoms. The lowest BCUT2D eigenvalue weighted by molar-refractivity contribution is 0.581. The molecule has 6 heteroatoms. The SMILES string of the molecule is CN(C)c1ncccc1CNS(=O)(=O)c1ccc2c(c1)CCC2. The average Bonchev–Trinajstić information content (AvgIpc) is 3.00. The van der Waals surface area contributed by atoms with Crippen molar-refractivity contribution in [2.24, 2.45) is 0 Å². The summed E-state index contributed by atoms with van der Waals surface area (Å²) in [6.07, 6.45) is 4.82. The molecule has 1 aliphatic carbocycles. The number of benzene rings is 1. The third-order valence-electron chi connectivity index (χ3n) is 4.12. The molecule has 0 aliphatic heterocycles. The number of anilines is 1. The van der Waals surface area contributed by atoms with Gasteiger partial charge in [0.25, 0.3) is 0 Å². The molecule has 0 atom stereocenters. The number of rotatable bonds is 5. The van der Waals surface area contributed by atoms with Crippen molar-refractivity contribution in [1.82, 2.24) is 9.71 Å². The lowest BCUT2D eigenvalue weighted by atomic mass is 10.1. The van der Waals surface area contributed by atoms with E-state index in [2.05, 4.69) is 9.71 Å². The summed E-state index contributed by atoms with van der Waals surface area (Å²) in [6, 6.07) is 9.13. The van der Waals surface area contributed by atoms with E-state index in [0.29, 0.717) is 4.90 Å². The minimum absolute atomic E-state index is 0.223. The zero-order valence-corrected chi connectivity index (χ0v) is 14.2. The Bertz CT molecular complexity index is 816. The second-order valence-corrected chi connectivity index (χ2v) is 7.76. The first-order valence-corrected chi connectivity index (χ1v) is 9.18. The van der Waals surface area contributed by atoms with Gasteiger partial charge in [-0.1, -0.05) is 12.1 Å². The van der Waals surface area contributed by atoms with Crippen LogP contribution in [0, 0.1) is 0 Å². The van der Waals surface area contributed by atoms with Gasteiger partial charge in [0.15, 0.2) is 0 Å². The summed E-state index contributed by atoms with van der Waals surface area (Å²) in [7, 11) is 0.261. The van der Waals surface area contributed by atoms with Crippen LogP contribution < -0.4 is 9.62 Å². The molecule has 1 aliphatic rings. The lowest BCUT2D eigenvalue weighted by Crippen LogP contribution is -2.25. The predicted molar refractivity (Wildman–Crippen MR) is 91.1 cm³/mol. The van der Waals surface area contributed by atoms with Crippen LogP contribution in [0.5, 0.6) is 0 Å². The number of hydrogen-bond donors (Lipinski definition) is 1. The molecular weight excluding hydrogens is 310 g/mol. The van der Waals surface area contributed by atoms with Crippen LogP contribution in [0.15, 0.2) is 41.4 Å². The fourth-order valence-corrected chi connectivity index (χ4v) is 4.00. The molecule has 122 valence electrons. The molecule has 5 nitrogen and oxygen atoms in total. The van der Waals surface area contributed by atoms with E-state index in [1.54, 1.807) is 18.3 Å². The van der Waals surface area contributed by atoms with Crippen LogP contribution in [0.25, 0.3) is 0 Å². The van der Waals surface area contributed by atoms with Crippen molar-refractivity contribution >= 4 is 15.8 Å². The average molecular weight is 331 g/mol. The van der Waals surface area contributed by atoms with E-state index in [1.807, 2.05) is 37.2 Å². The molecule has 1 heterocycles. The van der Waals surface area contributed by atoms with Crippen molar-refractivity contribution < 1.29 is 8.42 Å². The molecule has 0 saturated heterocycles. The molecule has 0 saturated carbocycles. The number of pyridine rings is 1. The number of hydrogen-bond acceptors (Lipinski definition) is 4. The minimum atomic E-state index is -3.52. The van der Waals surface area contributed by atoms with Crippen LogP contribution in [0.1, 0.15) is 23.1 Å². The Morgan fingerprint density at radius 1 is 1.17 bits per heavy atom. The fraction of sp³-hybridized carbons (Fsp3) is 0.353. The third-order valence-corrected chi connectivity index (χ3v) is 5.52. The second-order valence-electron chi connectivity index (χ2n) is 5.99. The van der Waals surface area contributed by atoms with Gasteiger partial charge >= 0.3 is 0 Å². The second kappa shape index (κ2) is 6.29. The van der Waals surface area contributed by atoms with Crippen LogP contribution in [0.3, 0.4) is 0 Å². The number of sulfonamides is 1. The zero-order valence-electron chi connectivity index (χ0n) is 13.4. The molecular formula is C17H21N3O2S. The van der Waals surface area contributed by atoms with Gasteiger partial charge in [-0.3, -0.25) is 0 Å². The summed E-state index contributed by atoms with van der Waals surface area (Å²) < 4.78 is 27.8. The van der Waals surface area contributed by atoms with Crippen LogP contribution in [-0.4, -0.2) is 27.5 Å².